The van der Waals surface area contributed by atoms with Crippen molar-refractivity contribution in [2.45, 2.75) is 26.3 Å². The van der Waals surface area contributed by atoms with Gasteiger partial charge in [0.25, 0.3) is 0 Å². The molecule has 1 nitrogen and oxygen atoms in total. The van der Waals surface area contributed by atoms with Gasteiger partial charge in [0, 0.05) is 15.0 Å². The minimum absolute atomic E-state index is 0.104. The maximum atomic E-state index is 6.17. The topological polar surface area (TPSA) is 26.0 Å². The first-order valence-corrected chi connectivity index (χ1v) is 6.35. The lowest BCUT2D eigenvalue weighted by atomic mass is 9.93. The van der Waals surface area contributed by atoms with E-state index >= 15 is 0 Å². The Morgan fingerprint density at radius 3 is 2.57 bits per heavy atom. The molecule has 0 saturated heterocycles. The molecule has 0 fully saturated rings. The Labute approximate surface area is 102 Å². The van der Waals surface area contributed by atoms with Crippen molar-refractivity contribution in [3.05, 3.63) is 32.7 Å². The molecule has 1 aromatic carbocycles. The molecule has 1 rings (SSSR count). The number of halogens is 2. The minimum Gasteiger partial charge on any atom is -0.324 e. The van der Waals surface area contributed by atoms with E-state index in [0.29, 0.717) is 5.92 Å². The molecule has 2 atom stereocenters. The van der Waals surface area contributed by atoms with Crippen molar-refractivity contribution in [1.29, 1.82) is 0 Å². The summed E-state index contributed by atoms with van der Waals surface area (Å²) in [6, 6.07) is 6.23. The molecule has 2 N–H and O–H groups in total. The standard InChI is InChI=1S/C11H15Br2N/c1-3-7(2)11(14)9-6-8(12)4-5-10(9)13/h4-7,11H,3,14H2,1-2H3/t7?,11-/m1/s1. The normalized spacial score (nSPS) is 15.2. The zero-order valence-electron chi connectivity index (χ0n) is 8.43. The van der Waals surface area contributed by atoms with Crippen LogP contribution in [0.5, 0.6) is 0 Å². The van der Waals surface area contributed by atoms with Crippen LogP contribution in [0.1, 0.15) is 31.9 Å². The van der Waals surface area contributed by atoms with Gasteiger partial charge < -0.3 is 5.73 Å². The summed E-state index contributed by atoms with van der Waals surface area (Å²) in [5, 5.41) is 0. The summed E-state index contributed by atoms with van der Waals surface area (Å²) in [6.07, 6.45) is 1.10. The maximum Gasteiger partial charge on any atom is 0.0332 e. The van der Waals surface area contributed by atoms with E-state index in [2.05, 4.69) is 51.8 Å². The number of nitrogens with two attached hydrogens (primary N) is 1. The molecule has 0 saturated carbocycles. The number of benzene rings is 1. The van der Waals surface area contributed by atoms with Gasteiger partial charge in [-0.2, -0.15) is 0 Å². The van der Waals surface area contributed by atoms with Crippen molar-refractivity contribution in [2.75, 3.05) is 0 Å². The lowest BCUT2D eigenvalue weighted by Gasteiger charge is -2.20. The minimum atomic E-state index is 0.104. The van der Waals surface area contributed by atoms with Crippen molar-refractivity contribution in [3.8, 4) is 0 Å². The van der Waals surface area contributed by atoms with Crippen LogP contribution in [0.3, 0.4) is 0 Å². The van der Waals surface area contributed by atoms with Gasteiger partial charge in [0.2, 0.25) is 0 Å². The number of hydrogen-bond acceptors (Lipinski definition) is 1. The zero-order chi connectivity index (χ0) is 10.7. The Kier molecular flexibility index (Phi) is 4.61. The van der Waals surface area contributed by atoms with Gasteiger partial charge in [-0.05, 0) is 29.7 Å². The second kappa shape index (κ2) is 5.29. The molecule has 1 unspecified atom stereocenters. The van der Waals surface area contributed by atoms with E-state index in [0.717, 1.165) is 15.4 Å². The predicted molar refractivity (Wildman–Crippen MR) is 68.2 cm³/mol. The van der Waals surface area contributed by atoms with E-state index in [1.807, 2.05) is 12.1 Å². The van der Waals surface area contributed by atoms with Gasteiger partial charge in [0.1, 0.15) is 0 Å². The largest absolute Gasteiger partial charge is 0.324 e. The monoisotopic (exact) mass is 319 g/mol. The van der Waals surface area contributed by atoms with Crippen LogP contribution in [0.25, 0.3) is 0 Å². The lowest BCUT2D eigenvalue weighted by Crippen LogP contribution is -2.18. The fourth-order valence-corrected chi connectivity index (χ4v) is 2.22. The zero-order valence-corrected chi connectivity index (χ0v) is 11.6. The first-order chi connectivity index (χ1) is 6.56. The van der Waals surface area contributed by atoms with Crippen LogP contribution in [-0.2, 0) is 0 Å². The first-order valence-electron chi connectivity index (χ1n) is 4.76. The van der Waals surface area contributed by atoms with Gasteiger partial charge in [0.15, 0.2) is 0 Å². The summed E-state index contributed by atoms with van der Waals surface area (Å²) in [4.78, 5) is 0. The van der Waals surface area contributed by atoms with Crippen LogP contribution in [0.2, 0.25) is 0 Å². The van der Waals surface area contributed by atoms with Gasteiger partial charge in [0.05, 0.1) is 0 Å². The van der Waals surface area contributed by atoms with Crippen molar-refractivity contribution in [3.63, 3.8) is 0 Å². The highest BCUT2D eigenvalue weighted by Gasteiger charge is 2.15. The molecule has 3 heteroatoms. The highest BCUT2D eigenvalue weighted by molar-refractivity contribution is 9.11. The quantitative estimate of drug-likeness (QED) is 0.884. The van der Waals surface area contributed by atoms with E-state index in [4.69, 9.17) is 5.73 Å². The number of hydrogen-bond donors (Lipinski definition) is 1. The second-order valence-corrected chi connectivity index (χ2v) is 5.35. The molecule has 0 bridgehead atoms. The summed E-state index contributed by atoms with van der Waals surface area (Å²) in [7, 11) is 0. The summed E-state index contributed by atoms with van der Waals surface area (Å²) >= 11 is 6.99. The van der Waals surface area contributed by atoms with E-state index in [9.17, 15) is 0 Å². The van der Waals surface area contributed by atoms with Crippen molar-refractivity contribution >= 4 is 31.9 Å². The van der Waals surface area contributed by atoms with Crippen LogP contribution in [-0.4, -0.2) is 0 Å². The third-order valence-corrected chi connectivity index (χ3v) is 3.79. The summed E-state index contributed by atoms with van der Waals surface area (Å²) < 4.78 is 2.17. The Bertz CT molecular complexity index is 312. The van der Waals surface area contributed by atoms with E-state index < -0.39 is 0 Å². The van der Waals surface area contributed by atoms with E-state index in [1.54, 1.807) is 0 Å². The molecule has 0 heterocycles. The molecular formula is C11H15Br2N. The van der Waals surface area contributed by atoms with Crippen LogP contribution >= 0.6 is 31.9 Å². The van der Waals surface area contributed by atoms with Crippen molar-refractivity contribution in [2.24, 2.45) is 11.7 Å². The van der Waals surface area contributed by atoms with Gasteiger partial charge >= 0.3 is 0 Å². The Morgan fingerprint density at radius 2 is 2.00 bits per heavy atom. The molecule has 0 amide bonds. The maximum absolute atomic E-state index is 6.17. The van der Waals surface area contributed by atoms with Crippen molar-refractivity contribution < 1.29 is 0 Å². The average molecular weight is 321 g/mol. The molecule has 0 aromatic heterocycles. The molecular weight excluding hydrogens is 306 g/mol. The summed E-state index contributed by atoms with van der Waals surface area (Å²) in [5.74, 6) is 0.501. The third-order valence-electron chi connectivity index (χ3n) is 2.57. The summed E-state index contributed by atoms with van der Waals surface area (Å²) in [6.45, 7) is 4.34. The highest BCUT2D eigenvalue weighted by Crippen LogP contribution is 2.30. The van der Waals surface area contributed by atoms with Gasteiger partial charge in [-0.25, -0.2) is 0 Å². The fourth-order valence-electron chi connectivity index (χ4n) is 1.33. The lowest BCUT2D eigenvalue weighted by molar-refractivity contribution is 0.455. The highest BCUT2D eigenvalue weighted by atomic mass is 79.9. The van der Waals surface area contributed by atoms with Crippen LogP contribution in [0.4, 0.5) is 0 Å². The molecule has 1 aromatic rings. The Morgan fingerprint density at radius 1 is 1.36 bits per heavy atom. The second-order valence-electron chi connectivity index (χ2n) is 3.58. The van der Waals surface area contributed by atoms with Crippen molar-refractivity contribution in [1.82, 2.24) is 0 Å². The van der Waals surface area contributed by atoms with Gasteiger partial charge in [-0.15, -0.1) is 0 Å². The van der Waals surface area contributed by atoms with Gasteiger partial charge in [-0.3, -0.25) is 0 Å². The summed E-state index contributed by atoms with van der Waals surface area (Å²) in [5.41, 5.74) is 7.34. The molecule has 0 radical (unpaired) electrons. The Balaban J connectivity index is 2.99. The van der Waals surface area contributed by atoms with E-state index in [1.165, 1.54) is 5.56 Å². The fraction of sp³-hybridized carbons (Fsp3) is 0.455. The molecule has 0 aliphatic carbocycles. The molecule has 0 spiro atoms. The number of rotatable bonds is 3. The Hall–Kier alpha value is 0.140. The molecule has 78 valence electrons. The van der Waals surface area contributed by atoms with Crippen LogP contribution in [0.15, 0.2) is 27.1 Å². The predicted octanol–water partition coefficient (Wildman–Crippen LogP) is 4.26. The SMILES string of the molecule is CCC(C)[C@@H](N)c1cc(Br)ccc1Br. The van der Waals surface area contributed by atoms with Crippen LogP contribution < -0.4 is 5.73 Å². The molecule has 0 aliphatic heterocycles. The smallest absolute Gasteiger partial charge is 0.0332 e. The van der Waals surface area contributed by atoms with Gasteiger partial charge in [-0.1, -0.05) is 52.1 Å². The average Bonchev–Trinajstić information content (AvgIpc) is 2.19. The first kappa shape index (κ1) is 12.2. The van der Waals surface area contributed by atoms with E-state index in [-0.39, 0.29) is 6.04 Å². The van der Waals surface area contributed by atoms with Crippen LogP contribution in [0, 0.1) is 5.92 Å². The molecule has 14 heavy (non-hydrogen) atoms. The molecule has 0 aliphatic rings. The third kappa shape index (κ3) is 2.81.